The van der Waals surface area contributed by atoms with Crippen LogP contribution in [0, 0.1) is 20.8 Å². The highest BCUT2D eigenvalue weighted by Gasteiger charge is 2.50. The smallest absolute Gasteiger partial charge is 0.303 e. The third-order valence-corrected chi connectivity index (χ3v) is 7.93. The molecule has 2 fully saturated rings. The van der Waals surface area contributed by atoms with Gasteiger partial charge in [-0.05, 0) is 31.9 Å². The number of carboxylic acid groups (broad SMARTS) is 1. The summed E-state index contributed by atoms with van der Waals surface area (Å²) in [5.41, 5.74) is 3.96. The SMILES string of the molecule is Cc1cc(C)c(N2C(=NC(=O)CCC(=O)O)S[C@H]3CS(=O)(=O)C[C@@H]32)c(C)c1. The maximum atomic E-state index is 12.1. The number of aliphatic imine (C=N–C) groups is 1. The molecule has 1 N–H and O–H groups in total. The van der Waals surface area contributed by atoms with E-state index in [1.807, 2.05) is 37.8 Å². The average molecular weight is 411 g/mol. The standard InChI is InChI=1S/C18H22N2O5S2/c1-10-6-11(2)17(12(3)7-10)20-13-8-27(24,25)9-14(13)26-18(20)19-15(21)4-5-16(22)23/h6-7,13-14H,4-5,8-9H2,1-3H3,(H,22,23)/t13-,14-/m0/s1. The van der Waals surface area contributed by atoms with Crippen molar-refractivity contribution in [3.63, 3.8) is 0 Å². The molecule has 1 amide bonds. The Labute approximate surface area is 162 Å². The molecule has 2 saturated heterocycles. The lowest BCUT2D eigenvalue weighted by atomic mass is 10.0. The number of carboxylic acids is 1. The summed E-state index contributed by atoms with van der Waals surface area (Å²) in [6, 6.07) is 3.77. The molecule has 27 heavy (non-hydrogen) atoms. The summed E-state index contributed by atoms with van der Waals surface area (Å²) in [4.78, 5) is 28.9. The van der Waals surface area contributed by atoms with Crippen LogP contribution in [0.2, 0.25) is 0 Å². The minimum Gasteiger partial charge on any atom is -0.481 e. The lowest BCUT2D eigenvalue weighted by Gasteiger charge is -2.28. The molecule has 3 rings (SSSR count). The molecule has 2 heterocycles. The van der Waals surface area contributed by atoms with Gasteiger partial charge < -0.3 is 10.0 Å². The van der Waals surface area contributed by atoms with Crippen molar-refractivity contribution in [3.8, 4) is 0 Å². The Balaban J connectivity index is 2.02. The average Bonchev–Trinajstić information content (AvgIpc) is 2.97. The van der Waals surface area contributed by atoms with E-state index in [2.05, 4.69) is 4.99 Å². The van der Waals surface area contributed by atoms with Gasteiger partial charge in [-0.2, -0.15) is 4.99 Å². The van der Waals surface area contributed by atoms with E-state index in [0.29, 0.717) is 5.17 Å². The number of benzene rings is 1. The van der Waals surface area contributed by atoms with Crippen LogP contribution in [-0.4, -0.2) is 53.4 Å². The summed E-state index contributed by atoms with van der Waals surface area (Å²) in [6.45, 7) is 5.91. The first kappa shape index (κ1) is 19.9. The molecule has 1 aromatic carbocycles. The third-order valence-electron chi connectivity index (χ3n) is 4.72. The van der Waals surface area contributed by atoms with E-state index in [0.717, 1.165) is 22.4 Å². The number of sulfone groups is 1. The van der Waals surface area contributed by atoms with E-state index in [4.69, 9.17) is 5.11 Å². The summed E-state index contributed by atoms with van der Waals surface area (Å²) < 4.78 is 24.3. The number of nitrogens with zero attached hydrogens (tertiary/aromatic N) is 2. The number of aryl methyl sites for hydroxylation is 3. The fourth-order valence-electron chi connectivity index (χ4n) is 3.75. The first-order chi connectivity index (χ1) is 12.6. The molecule has 0 radical (unpaired) electrons. The highest BCUT2D eigenvalue weighted by molar-refractivity contribution is 8.16. The molecule has 7 nitrogen and oxygen atoms in total. The number of anilines is 1. The minimum atomic E-state index is -3.13. The summed E-state index contributed by atoms with van der Waals surface area (Å²) in [5, 5.41) is 9.04. The molecule has 0 bridgehead atoms. The van der Waals surface area contributed by atoms with Crippen LogP contribution in [0.3, 0.4) is 0 Å². The number of hydrogen-bond acceptors (Lipinski definition) is 5. The fraction of sp³-hybridized carbons (Fsp3) is 0.500. The number of aliphatic carboxylic acids is 1. The van der Waals surface area contributed by atoms with E-state index in [1.165, 1.54) is 11.8 Å². The van der Waals surface area contributed by atoms with Crippen molar-refractivity contribution in [1.29, 1.82) is 0 Å². The Kier molecular flexibility index (Phi) is 5.36. The lowest BCUT2D eigenvalue weighted by Crippen LogP contribution is -2.38. The molecule has 2 aliphatic rings. The van der Waals surface area contributed by atoms with Crippen molar-refractivity contribution in [2.24, 2.45) is 4.99 Å². The maximum absolute atomic E-state index is 12.1. The van der Waals surface area contributed by atoms with E-state index >= 15 is 0 Å². The van der Waals surface area contributed by atoms with Crippen molar-refractivity contribution in [3.05, 3.63) is 28.8 Å². The predicted octanol–water partition coefficient (Wildman–Crippen LogP) is 2.08. The Bertz CT molecular complexity index is 916. The molecule has 0 unspecified atom stereocenters. The third kappa shape index (κ3) is 4.19. The van der Waals surface area contributed by atoms with Crippen LogP contribution in [0.5, 0.6) is 0 Å². The summed E-state index contributed by atoms with van der Waals surface area (Å²) >= 11 is 1.30. The number of amidine groups is 1. The predicted molar refractivity (Wildman–Crippen MR) is 106 cm³/mol. The maximum Gasteiger partial charge on any atom is 0.303 e. The highest BCUT2D eigenvalue weighted by atomic mass is 32.2. The van der Waals surface area contributed by atoms with Crippen molar-refractivity contribution in [2.45, 2.75) is 44.9 Å². The van der Waals surface area contributed by atoms with Crippen molar-refractivity contribution in [2.75, 3.05) is 16.4 Å². The van der Waals surface area contributed by atoms with E-state index in [9.17, 15) is 18.0 Å². The molecule has 9 heteroatoms. The van der Waals surface area contributed by atoms with Gasteiger partial charge in [0, 0.05) is 17.4 Å². The number of carbonyl (C=O) groups excluding carboxylic acids is 1. The molecule has 0 aromatic heterocycles. The Hall–Kier alpha value is -1.87. The summed E-state index contributed by atoms with van der Waals surface area (Å²) in [5.74, 6) is -1.46. The van der Waals surface area contributed by atoms with Gasteiger partial charge >= 0.3 is 5.97 Å². The number of hydrogen-bond donors (Lipinski definition) is 1. The fourth-order valence-corrected chi connectivity index (χ4v) is 7.67. The van der Waals surface area contributed by atoms with Crippen molar-refractivity contribution < 1.29 is 23.1 Å². The number of amides is 1. The molecular formula is C18H22N2O5S2. The normalized spacial score (nSPS) is 25.0. The molecular weight excluding hydrogens is 388 g/mol. The van der Waals surface area contributed by atoms with Gasteiger partial charge in [0.25, 0.3) is 0 Å². The van der Waals surface area contributed by atoms with Crippen LogP contribution in [-0.2, 0) is 19.4 Å². The van der Waals surface area contributed by atoms with Crippen LogP contribution in [0.15, 0.2) is 17.1 Å². The second kappa shape index (κ2) is 7.27. The first-order valence-corrected chi connectivity index (χ1v) is 11.3. The second-order valence-corrected chi connectivity index (χ2v) is 10.5. The van der Waals surface area contributed by atoms with Gasteiger partial charge in [0.05, 0.1) is 24.0 Å². The molecule has 0 saturated carbocycles. The highest BCUT2D eigenvalue weighted by Crippen LogP contribution is 2.43. The van der Waals surface area contributed by atoms with Gasteiger partial charge in [0.15, 0.2) is 15.0 Å². The van der Waals surface area contributed by atoms with Crippen LogP contribution in [0.25, 0.3) is 0 Å². The Morgan fingerprint density at radius 3 is 2.41 bits per heavy atom. The summed E-state index contributed by atoms with van der Waals surface area (Å²) in [7, 11) is -3.13. The first-order valence-electron chi connectivity index (χ1n) is 8.65. The Morgan fingerprint density at radius 2 is 1.81 bits per heavy atom. The zero-order chi connectivity index (χ0) is 19.9. The van der Waals surface area contributed by atoms with Crippen LogP contribution in [0.4, 0.5) is 5.69 Å². The Morgan fingerprint density at radius 1 is 1.19 bits per heavy atom. The molecule has 1 aromatic rings. The minimum absolute atomic E-state index is 0.0275. The number of rotatable bonds is 4. The molecule has 2 atom stereocenters. The molecule has 0 aliphatic carbocycles. The van der Waals surface area contributed by atoms with Crippen molar-refractivity contribution in [1.82, 2.24) is 0 Å². The monoisotopic (exact) mass is 410 g/mol. The number of thioether (sulfide) groups is 1. The van der Waals surface area contributed by atoms with E-state index < -0.39 is 21.7 Å². The van der Waals surface area contributed by atoms with Crippen LogP contribution in [0.1, 0.15) is 29.5 Å². The number of fused-ring (bicyclic) bond motifs is 1. The lowest BCUT2D eigenvalue weighted by molar-refractivity contribution is -0.138. The van der Waals surface area contributed by atoms with Gasteiger partial charge in [-0.25, -0.2) is 8.42 Å². The van der Waals surface area contributed by atoms with Crippen LogP contribution >= 0.6 is 11.8 Å². The van der Waals surface area contributed by atoms with Crippen LogP contribution < -0.4 is 4.90 Å². The van der Waals surface area contributed by atoms with Gasteiger partial charge in [-0.3, -0.25) is 9.59 Å². The number of carbonyl (C=O) groups is 2. The zero-order valence-corrected chi connectivity index (χ0v) is 17.1. The van der Waals surface area contributed by atoms with E-state index in [-0.39, 0.29) is 35.6 Å². The van der Waals surface area contributed by atoms with Gasteiger partial charge in [-0.15, -0.1) is 0 Å². The zero-order valence-electron chi connectivity index (χ0n) is 15.4. The van der Waals surface area contributed by atoms with Gasteiger partial charge in [-0.1, -0.05) is 29.5 Å². The second-order valence-electron chi connectivity index (χ2n) is 7.10. The van der Waals surface area contributed by atoms with E-state index in [1.54, 1.807) is 0 Å². The van der Waals surface area contributed by atoms with Gasteiger partial charge in [0.1, 0.15) is 0 Å². The molecule has 146 valence electrons. The molecule has 2 aliphatic heterocycles. The van der Waals surface area contributed by atoms with Crippen molar-refractivity contribution >= 4 is 44.3 Å². The van der Waals surface area contributed by atoms with Gasteiger partial charge in [0.2, 0.25) is 5.91 Å². The largest absolute Gasteiger partial charge is 0.481 e. The quantitative estimate of drug-likeness (QED) is 0.810. The topological polar surface area (TPSA) is 104 Å². The summed E-state index contributed by atoms with van der Waals surface area (Å²) in [6.07, 6.45) is -0.448. The molecule has 0 spiro atoms.